The normalized spacial score (nSPS) is 52.0. The molecule has 0 aromatic heterocycles. The average Bonchev–Trinajstić information content (AvgIpc) is 3.01. The fourth-order valence-electron chi connectivity index (χ4n) is 7.70. The molecule has 28 heavy (non-hydrogen) atoms. The predicted octanol–water partition coefficient (Wildman–Crippen LogP) is -3.04. The molecule has 8 nitrogen and oxygen atoms in total. The van der Waals surface area contributed by atoms with E-state index in [2.05, 4.69) is 6.58 Å². The lowest BCUT2D eigenvalue weighted by molar-refractivity contribution is -0.351. The van der Waals surface area contributed by atoms with Gasteiger partial charge >= 0.3 is 0 Å². The summed E-state index contributed by atoms with van der Waals surface area (Å²) in [5.74, 6) is -8.53. The molecule has 2 N–H and O–H groups in total. The summed E-state index contributed by atoms with van der Waals surface area (Å²) in [5, 5.41) is 58.0. The third-order valence-corrected chi connectivity index (χ3v) is 8.63. The van der Waals surface area contributed by atoms with Crippen molar-refractivity contribution in [3.8, 4) is 0 Å². The minimum atomic E-state index is -2.28. The van der Waals surface area contributed by atoms with Crippen LogP contribution in [0.3, 0.4) is 0 Å². The van der Waals surface area contributed by atoms with Gasteiger partial charge in [-0.25, -0.2) is 0 Å². The molecular weight excluding hydrogens is 368 g/mol. The molecule has 0 unspecified atom stereocenters. The zero-order chi connectivity index (χ0) is 20.8. The Balaban J connectivity index is 2.04. The Hall–Kier alpha value is -1.93. The number of aliphatic hydroxyl groups is 2. The maximum atomic E-state index is 12.5. The van der Waals surface area contributed by atoms with E-state index >= 15 is 0 Å². The van der Waals surface area contributed by atoms with Crippen LogP contribution >= 0.6 is 0 Å². The first-order valence-corrected chi connectivity index (χ1v) is 9.62. The van der Waals surface area contributed by atoms with Crippen LogP contribution in [0.5, 0.6) is 0 Å². The number of carbonyl (C=O) groups excluding carboxylic acids is 3. The van der Waals surface area contributed by atoms with E-state index in [1.54, 1.807) is 0 Å². The van der Waals surface area contributed by atoms with Crippen molar-refractivity contribution in [2.75, 3.05) is 0 Å². The number of carboxylic acids is 3. The van der Waals surface area contributed by atoms with Crippen LogP contribution < -0.4 is 15.3 Å². The summed E-state index contributed by atoms with van der Waals surface area (Å²) in [4.78, 5) is 37.1. The molecule has 4 aliphatic carbocycles. The van der Waals surface area contributed by atoms with E-state index < -0.39 is 70.5 Å². The Kier molecular flexibility index (Phi) is 3.86. The highest BCUT2D eigenvalue weighted by Gasteiger charge is 2.77. The Morgan fingerprint density at radius 3 is 2.25 bits per heavy atom. The van der Waals surface area contributed by atoms with E-state index in [0.717, 1.165) is 12.5 Å². The van der Waals surface area contributed by atoms with E-state index in [9.17, 15) is 39.9 Å². The van der Waals surface area contributed by atoms with Crippen LogP contribution in [0, 0.1) is 39.9 Å². The van der Waals surface area contributed by atoms with Crippen molar-refractivity contribution in [3.63, 3.8) is 0 Å². The summed E-state index contributed by atoms with van der Waals surface area (Å²) >= 11 is 0. The van der Waals surface area contributed by atoms with Crippen LogP contribution in [0.4, 0.5) is 0 Å². The third-order valence-electron chi connectivity index (χ3n) is 8.63. The minimum absolute atomic E-state index is 0.0427. The number of allylic oxidation sites excluding steroid dienone is 1. The number of carbonyl (C=O) groups is 3. The SMILES string of the molecule is C=C1C[C@]23C[C@H]1CC[C@H]2[C@]1(C(=O)[O-])C[C@H](O)[C@H](O)[C@@](C)(C(=O)[O-])[C@H]1[C@@H]3C(=O)[O-]. The Bertz CT molecular complexity index is 791. The van der Waals surface area contributed by atoms with Crippen LogP contribution in [-0.4, -0.2) is 40.3 Å². The number of hydrogen-bond donors (Lipinski definition) is 2. The maximum Gasteiger partial charge on any atom is 0.0908 e. The van der Waals surface area contributed by atoms with Gasteiger partial charge in [-0.15, -0.1) is 0 Å². The van der Waals surface area contributed by atoms with Crippen LogP contribution in [0.15, 0.2) is 12.2 Å². The fourth-order valence-corrected chi connectivity index (χ4v) is 7.70. The molecule has 2 bridgehead atoms. The molecule has 4 aliphatic rings. The number of fused-ring (bicyclic) bond motifs is 3. The molecule has 9 atom stereocenters. The van der Waals surface area contributed by atoms with E-state index in [-0.39, 0.29) is 12.3 Å². The lowest BCUT2D eigenvalue weighted by atomic mass is 9.50. The van der Waals surface area contributed by atoms with Gasteiger partial charge in [0.25, 0.3) is 0 Å². The molecule has 4 rings (SSSR count). The first-order valence-electron chi connectivity index (χ1n) is 9.62. The van der Waals surface area contributed by atoms with Crippen molar-refractivity contribution in [3.05, 3.63) is 12.2 Å². The number of hydrogen-bond acceptors (Lipinski definition) is 8. The molecular formula is C20H23O8-3. The number of rotatable bonds is 3. The zero-order valence-electron chi connectivity index (χ0n) is 15.6. The highest BCUT2D eigenvalue weighted by Crippen LogP contribution is 2.77. The highest BCUT2D eigenvalue weighted by atomic mass is 16.4. The van der Waals surface area contributed by atoms with Crippen LogP contribution in [0.2, 0.25) is 0 Å². The van der Waals surface area contributed by atoms with E-state index in [1.807, 2.05) is 0 Å². The van der Waals surface area contributed by atoms with Gasteiger partial charge < -0.3 is 39.9 Å². The standard InChI is InChI=1S/C20H26O8/c1-8-5-19-6-9(8)3-4-11(19)20(17(27)28)7-10(21)14(22)18(2,16(25)26)13(20)12(19)15(23)24/h9-14,21-22H,1,3-7H2,2H3,(H,23,24)(H,25,26)(H,27,28)/p-3/t9-,10+,11-,12-,13-,14+,18+,19+,20-/m1/s1. The van der Waals surface area contributed by atoms with Gasteiger partial charge in [-0.05, 0) is 55.3 Å². The molecule has 0 amide bonds. The van der Waals surface area contributed by atoms with Gasteiger partial charge in [0.05, 0.1) is 18.2 Å². The molecule has 154 valence electrons. The molecule has 0 heterocycles. The van der Waals surface area contributed by atoms with Gasteiger partial charge in [0.1, 0.15) is 0 Å². The van der Waals surface area contributed by atoms with Gasteiger partial charge in [0.2, 0.25) is 0 Å². The quantitative estimate of drug-likeness (QED) is 0.480. The molecule has 1 spiro atoms. The van der Waals surface area contributed by atoms with Gasteiger partial charge in [0, 0.05) is 28.7 Å². The van der Waals surface area contributed by atoms with Crippen molar-refractivity contribution in [1.82, 2.24) is 0 Å². The summed E-state index contributed by atoms with van der Waals surface area (Å²) in [6.07, 6.45) is -2.35. The average molecular weight is 391 g/mol. The Labute approximate surface area is 161 Å². The van der Waals surface area contributed by atoms with E-state index in [1.165, 1.54) is 0 Å². The summed E-state index contributed by atoms with van der Waals surface area (Å²) in [5.41, 5.74) is -4.40. The second-order valence-corrected chi connectivity index (χ2v) is 9.49. The van der Waals surface area contributed by atoms with E-state index in [4.69, 9.17) is 0 Å². The first-order chi connectivity index (χ1) is 12.9. The van der Waals surface area contributed by atoms with Gasteiger partial charge in [-0.2, -0.15) is 0 Å². The number of aliphatic carboxylic acids is 3. The lowest BCUT2D eigenvalue weighted by Crippen LogP contribution is -2.69. The molecule has 0 aromatic carbocycles. The molecule has 0 saturated heterocycles. The summed E-state index contributed by atoms with van der Waals surface area (Å²) < 4.78 is 0. The number of carboxylic acid groups (broad SMARTS) is 3. The van der Waals surface area contributed by atoms with Crippen molar-refractivity contribution in [1.29, 1.82) is 0 Å². The van der Waals surface area contributed by atoms with Crippen LogP contribution in [0.1, 0.15) is 39.0 Å². The molecule has 4 saturated carbocycles. The molecule has 0 radical (unpaired) electrons. The Morgan fingerprint density at radius 1 is 1.07 bits per heavy atom. The molecule has 4 fully saturated rings. The second kappa shape index (κ2) is 5.57. The second-order valence-electron chi connectivity index (χ2n) is 9.49. The monoisotopic (exact) mass is 391 g/mol. The summed E-state index contributed by atoms with van der Waals surface area (Å²) in [7, 11) is 0. The van der Waals surface area contributed by atoms with Crippen molar-refractivity contribution in [2.45, 2.75) is 51.2 Å². The van der Waals surface area contributed by atoms with Gasteiger partial charge in [0.15, 0.2) is 0 Å². The zero-order valence-corrected chi connectivity index (χ0v) is 15.6. The Morgan fingerprint density at radius 2 is 1.71 bits per heavy atom. The first kappa shape index (κ1) is 19.4. The molecule has 8 heteroatoms. The minimum Gasteiger partial charge on any atom is -0.550 e. The lowest BCUT2D eigenvalue weighted by Gasteiger charge is -2.58. The van der Waals surface area contributed by atoms with Crippen molar-refractivity contribution < 1.29 is 39.9 Å². The largest absolute Gasteiger partial charge is 0.550 e. The third kappa shape index (κ3) is 1.90. The molecule has 0 aromatic rings. The topological polar surface area (TPSA) is 161 Å². The fraction of sp³-hybridized carbons (Fsp3) is 0.750. The predicted molar refractivity (Wildman–Crippen MR) is 86.2 cm³/mol. The van der Waals surface area contributed by atoms with Gasteiger partial charge in [-0.1, -0.05) is 19.1 Å². The smallest absolute Gasteiger partial charge is 0.0908 e. The van der Waals surface area contributed by atoms with E-state index in [0.29, 0.717) is 19.3 Å². The van der Waals surface area contributed by atoms with Crippen molar-refractivity contribution >= 4 is 17.9 Å². The molecule has 0 aliphatic heterocycles. The van der Waals surface area contributed by atoms with Crippen molar-refractivity contribution in [2.24, 2.45) is 39.9 Å². The van der Waals surface area contributed by atoms with Gasteiger partial charge in [-0.3, -0.25) is 0 Å². The summed E-state index contributed by atoms with van der Waals surface area (Å²) in [6, 6.07) is 0. The van der Waals surface area contributed by atoms with Crippen LogP contribution in [0.25, 0.3) is 0 Å². The summed E-state index contributed by atoms with van der Waals surface area (Å²) in [6.45, 7) is 5.10. The maximum absolute atomic E-state index is 12.5. The highest BCUT2D eigenvalue weighted by molar-refractivity contribution is 5.84. The van der Waals surface area contributed by atoms with Crippen LogP contribution in [-0.2, 0) is 14.4 Å². The number of aliphatic hydroxyl groups excluding tert-OH is 2.